The molecule has 4 aromatic rings. The van der Waals surface area contributed by atoms with Gasteiger partial charge in [-0.25, -0.2) is 4.52 Å². The number of benzene rings is 1. The van der Waals surface area contributed by atoms with Crippen molar-refractivity contribution in [2.75, 3.05) is 7.11 Å². The molecule has 27 heavy (non-hydrogen) atoms. The van der Waals surface area contributed by atoms with Gasteiger partial charge >= 0.3 is 0 Å². The van der Waals surface area contributed by atoms with Gasteiger partial charge in [-0.15, -0.1) is 0 Å². The van der Waals surface area contributed by atoms with E-state index in [0.29, 0.717) is 23.3 Å². The summed E-state index contributed by atoms with van der Waals surface area (Å²) in [6.45, 7) is 0.144. The van der Waals surface area contributed by atoms with E-state index in [4.69, 9.17) is 4.74 Å². The molecule has 0 amide bonds. The average molecular weight is 362 g/mol. The van der Waals surface area contributed by atoms with Crippen molar-refractivity contribution in [1.29, 1.82) is 0 Å². The zero-order valence-corrected chi connectivity index (χ0v) is 14.7. The third kappa shape index (κ3) is 3.09. The van der Waals surface area contributed by atoms with Crippen molar-refractivity contribution in [3.05, 3.63) is 82.7 Å². The molecule has 0 aliphatic rings. The SMILES string of the molecule is COc1ccc(-c2nn3ccn(Cc4ccncc4)c(=O)c3c2CO)cc1. The molecule has 0 aliphatic heterocycles. The molecule has 0 bridgehead atoms. The smallest absolute Gasteiger partial charge is 0.277 e. The van der Waals surface area contributed by atoms with Gasteiger partial charge in [0.05, 0.1) is 26.0 Å². The van der Waals surface area contributed by atoms with Gasteiger partial charge in [-0.3, -0.25) is 9.78 Å². The van der Waals surface area contributed by atoms with E-state index in [2.05, 4.69) is 10.1 Å². The van der Waals surface area contributed by atoms with Gasteiger partial charge in [0, 0.05) is 35.9 Å². The Kier molecular flexibility index (Phi) is 4.43. The highest BCUT2D eigenvalue weighted by Gasteiger charge is 2.17. The van der Waals surface area contributed by atoms with Crippen LogP contribution in [-0.4, -0.2) is 31.4 Å². The maximum atomic E-state index is 13.0. The summed E-state index contributed by atoms with van der Waals surface area (Å²) in [5.41, 5.74) is 3.04. The van der Waals surface area contributed by atoms with Gasteiger partial charge in [0.15, 0.2) is 0 Å². The number of hydrogen-bond donors (Lipinski definition) is 1. The summed E-state index contributed by atoms with van der Waals surface area (Å²) in [4.78, 5) is 17.0. The summed E-state index contributed by atoms with van der Waals surface area (Å²) in [5.74, 6) is 0.729. The number of methoxy groups -OCH3 is 1. The van der Waals surface area contributed by atoms with Gasteiger partial charge in [-0.2, -0.15) is 5.10 Å². The fraction of sp³-hybridized carbons (Fsp3) is 0.150. The van der Waals surface area contributed by atoms with Crippen LogP contribution in [0.5, 0.6) is 5.75 Å². The largest absolute Gasteiger partial charge is 0.497 e. The van der Waals surface area contributed by atoms with E-state index in [1.165, 1.54) is 4.52 Å². The van der Waals surface area contributed by atoms with E-state index in [-0.39, 0.29) is 12.2 Å². The predicted molar refractivity (Wildman–Crippen MR) is 101 cm³/mol. The zero-order chi connectivity index (χ0) is 18.8. The van der Waals surface area contributed by atoms with Crippen molar-refractivity contribution >= 4 is 5.52 Å². The minimum Gasteiger partial charge on any atom is -0.497 e. The molecule has 0 spiro atoms. The average Bonchev–Trinajstić information content (AvgIpc) is 3.10. The third-order valence-corrected chi connectivity index (χ3v) is 4.48. The molecule has 0 saturated heterocycles. The summed E-state index contributed by atoms with van der Waals surface area (Å²) < 4.78 is 8.30. The Labute approximate surface area is 155 Å². The molecule has 0 fully saturated rings. The second-order valence-electron chi connectivity index (χ2n) is 6.09. The van der Waals surface area contributed by atoms with E-state index < -0.39 is 0 Å². The molecule has 1 aromatic carbocycles. The molecule has 1 N–H and O–H groups in total. The first kappa shape index (κ1) is 17.0. The quantitative estimate of drug-likeness (QED) is 0.588. The third-order valence-electron chi connectivity index (χ3n) is 4.48. The molecule has 0 unspecified atom stereocenters. The van der Waals surface area contributed by atoms with Crippen LogP contribution in [0.3, 0.4) is 0 Å². The van der Waals surface area contributed by atoms with Crippen LogP contribution in [-0.2, 0) is 13.2 Å². The van der Waals surface area contributed by atoms with Crippen LogP contribution in [0.2, 0.25) is 0 Å². The highest BCUT2D eigenvalue weighted by Crippen LogP contribution is 2.26. The number of ether oxygens (including phenoxy) is 1. The van der Waals surface area contributed by atoms with Crippen LogP contribution in [0.1, 0.15) is 11.1 Å². The number of pyridine rings is 1. The highest BCUT2D eigenvalue weighted by molar-refractivity contribution is 5.72. The molecule has 0 saturated carbocycles. The van der Waals surface area contributed by atoms with Crippen molar-refractivity contribution in [2.24, 2.45) is 0 Å². The second-order valence-corrected chi connectivity index (χ2v) is 6.09. The molecule has 7 heteroatoms. The van der Waals surface area contributed by atoms with Crippen LogP contribution < -0.4 is 10.3 Å². The van der Waals surface area contributed by atoms with Crippen molar-refractivity contribution in [3.63, 3.8) is 0 Å². The summed E-state index contributed by atoms with van der Waals surface area (Å²) >= 11 is 0. The first-order chi connectivity index (χ1) is 13.2. The van der Waals surface area contributed by atoms with Crippen molar-refractivity contribution in [3.8, 4) is 17.0 Å². The number of nitrogens with zero attached hydrogens (tertiary/aromatic N) is 4. The monoisotopic (exact) mass is 362 g/mol. The summed E-state index contributed by atoms with van der Waals surface area (Å²) in [7, 11) is 1.60. The van der Waals surface area contributed by atoms with Crippen LogP contribution >= 0.6 is 0 Å². The van der Waals surface area contributed by atoms with Gasteiger partial charge in [0.2, 0.25) is 0 Å². The van der Waals surface area contributed by atoms with E-state index in [9.17, 15) is 9.90 Å². The van der Waals surface area contributed by atoms with Gasteiger partial charge in [0.1, 0.15) is 11.3 Å². The number of aliphatic hydroxyl groups is 1. The Morgan fingerprint density at radius 3 is 2.48 bits per heavy atom. The summed E-state index contributed by atoms with van der Waals surface area (Å²) in [6, 6.07) is 11.1. The number of aliphatic hydroxyl groups excluding tert-OH is 1. The maximum Gasteiger partial charge on any atom is 0.277 e. The maximum absolute atomic E-state index is 13.0. The van der Waals surface area contributed by atoms with Crippen LogP contribution in [0.4, 0.5) is 0 Å². The molecule has 136 valence electrons. The van der Waals surface area contributed by atoms with Crippen molar-refractivity contribution in [2.45, 2.75) is 13.2 Å². The fourth-order valence-electron chi connectivity index (χ4n) is 3.09. The Morgan fingerprint density at radius 2 is 1.81 bits per heavy atom. The predicted octanol–water partition coefficient (Wildman–Crippen LogP) is 2.11. The topological polar surface area (TPSA) is 81.7 Å². The molecule has 0 atom stereocenters. The minimum absolute atomic E-state index is 0.203. The molecule has 4 rings (SSSR count). The van der Waals surface area contributed by atoms with E-state index in [1.54, 1.807) is 36.5 Å². The lowest BCUT2D eigenvalue weighted by atomic mass is 10.1. The summed E-state index contributed by atoms with van der Waals surface area (Å²) in [6.07, 6.45) is 6.81. The van der Waals surface area contributed by atoms with E-state index in [0.717, 1.165) is 16.9 Å². The van der Waals surface area contributed by atoms with Crippen molar-refractivity contribution < 1.29 is 9.84 Å². The highest BCUT2D eigenvalue weighted by atomic mass is 16.5. The lowest BCUT2D eigenvalue weighted by Crippen LogP contribution is -2.22. The Balaban J connectivity index is 1.83. The van der Waals surface area contributed by atoms with E-state index >= 15 is 0 Å². The van der Waals surface area contributed by atoms with E-state index in [1.807, 2.05) is 36.4 Å². The first-order valence-electron chi connectivity index (χ1n) is 8.46. The number of fused-ring (bicyclic) bond motifs is 1. The first-order valence-corrected chi connectivity index (χ1v) is 8.46. The van der Waals surface area contributed by atoms with Gasteiger partial charge in [-0.1, -0.05) is 0 Å². The standard InChI is InChI=1S/C20H18N4O3/c1-27-16-4-2-15(3-5-16)18-17(13-25)19-20(26)23(10-11-24(19)22-18)12-14-6-8-21-9-7-14/h2-11,25H,12-13H2,1H3. The second kappa shape index (κ2) is 7.05. The minimum atomic E-state index is -0.278. The number of aromatic nitrogens is 4. The van der Waals surface area contributed by atoms with Crippen molar-refractivity contribution in [1.82, 2.24) is 19.2 Å². The zero-order valence-electron chi connectivity index (χ0n) is 14.7. The Morgan fingerprint density at radius 1 is 1.07 bits per heavy atom. The summed E-state index contributed by atoms with van der Waals surface area (Å²) in [5, 5.41) is 14.4. The molecule has 0 radical (unpaired) electrons. The Hall–Kier alpha value is -3.45. The van der Waals surface area contributed by atoms with Crippen LogP contribution in [0.15, 0.2) is 66.0 Å². The lowest BCUT2D eigenvalue weighted by molar-refractivity contribution is 0.283. The van der Waals surface area contributed by atoms with Crippen LogP contribution in [0, 0.1) is 0 Å². The normalized spacial score (nSPS) is 11.0. The molecule has 7 nitrogen and oxygen atoms in total. The molecular formula is C20H18N4O3. The number of rotatable bonds is 5. The molecule has 0 aliphatic carbocycles. The van der Waals surface area contributed by atoms with Gasteiger partial charge < -0.3 is 14.4 Å². The molecule has 3 aromatic heterocycles. The Bertz CT molecular complexity index is 1130. The van der Waals surface area contributed by atoms with Crippen LogP contribution in [0.25, 0.3) is 16.8 Å². The molecular weight excluding hydrogens is 344 g/mol. The van der Waals surface area contributed by atoms with Gasteiger partial charge in [-0.05, 0) is 42.0 Å². The van der Waals surface area contributed by atoms with Gasteiger partial charge in [0.25, 0.3) is 5.56 Å². The molecule has 3 heterocycles. The lowest BCUT2D eigenvalue weighted by Gasteiger charge is -2.06. The fourth-order valence-corrected chi connectivity index (χ4v) is 3.09. The number of hydrogen-bond acceptors (Lipinski definition) is 5.